The summed E-state index contributed by atoms with van der Waals surface area (Å²) in [6, 6.07) is 8.93. The van der Waals surface area contributed by atoms with Crippen LogP contribution in [0, 0.1) is 5.82 Å². The predicted octanol–water partition coefficient (Wildman–Crippen LogP) is 2.91. The summed E-state index contributed by atoms with van der Waals surface area (Å²) in [4.78, 5) is 25.3. The van der Waals surface area contributed by atoms with Crippen LogP contribution in [0.15, 0.2) is 49.1 Å². The number of rotatable bonds is 3. The average molecular weight is 348 g/mol. The molecule has 4 rings (SSSR count). The van der Waals surface area contributed by atoms with E-state index in [2.05, 4.69) is 6.58 Å². The van der Waals surface area contributed by atoms with Crippen LogP contribution in [0.25, 0.3) is 16.7 Å². The van der Waals surface area contributed by atoms with Gasteiger partial charge in [-0.05, 0) is 46.4 Å². The Kier molecular flexibility index (Phi) is 3.72. The van der Waals surface area contributed by atoms with Crippen molar-refractivity contribution >= 4 is 17.4 Å². The molecule has 0 radical (unpaired) electrons. The molecule has 0 bridgehead atoms. The quantitative estimate of drug-likeness (QED) is 0.740. The van der Waals surface area contributed by atoms with Crippen LogP contribution in [-0.4, -0.2) is 29.8 Å². The van der Waals surface area contributed by atoms with E-state index in [9.17, 15) is 9.59 Å². The highest BCUT2D eigenvalue weighted by Crippen LogP contribution is 2.44. The highest BCUT2D eigenvalue weighted by Gasteiger charge is 2.31. The summed E-state index contributed by atoms with van der Waals surface area (Å²) in [7, 11) is 0. The minimum atomic E-state index is -0.636. The Bertz CT molecular complexity index is 1010. The number of benzene rings is 2. The lowest BCUT2D eigenvalue weighted by Gasteiger charge is -2.17. The van der Waals surface area contributed by atoms with E-state index in [0.717, 1.165) is 22.3 Å². The third kappa shape index (κ3) is 2.36. The first kappa shape index (κ1) is 16.3. The Morgan fingerprint density at radius 2 is 2.00 bits per heavy atom. The van der Waals surface area contributed by atoms with Crippen molar-refractivity contribution in [3.63, 3.8) is 0 Å². The minimum absolute atomic E-state index is 0.192. The maximum atomic E-state index is 15.0. The van der Waals surface area contributed by atoms with Crippen molar-refractivity contribution in [3.8, 4) is 11.1 Å². The number of carbonyl (C=O) groups is 2. The molecule has 1 heterocycles. The molecular weight excluding hydrogens is 331 g/mol. The van der Waals surface area contributed by atoms with E-state index in [1.807, 2.05) is 30.3 Å². The predicted molar refractivity (Wildman–Crippen MR) is 97.9 cm³/mol. The fraction of sp³-hybridized carbons (Fsp3) is 0.143. The van der Waals surface area contributed by atoms with Gasteiger partial charge in [0.25, 0.3) is 0 Å². The molecule has 26 heavy (non-hydrogen) atoms. The van der Waals surface area contributed by atoms with Crippen molar-refractivity contribution < 1.29 is 14.0 Å². The van der Waals surface area contributed by atoms with E-state index in [1.165, 1.54) is 12.1 Å². The molecular formula is C21H17FN2O2. The van der Waals surface area contributed by atoms with Crippen LogP contribution < -0.4 is 5.73 Å². The first-order chi connectivity index (χ1) is 12.5. The lowest BCUT2D eigenvalue weighted by molar-refractivity contribution is -0.124. The van der Waals surface area contributed by atoms with E-state index in [4.69, 9.17) is 5.73 Å². The van der Waals surface area contributed by atoms with Crippen molar-refractivity contribution in [2.75, 3.05) is 13.1 Å². The first-order valence-electron chi connectivity index (χ1n) is 8.35. The zero-order valence-electron chi connectivity index (χ0n) is 14.1. The normalized spacial score (nSPS) is 14.7. The number of fused-ring (bicyclic) bond motifs is 3. The summed E-state index contributed by atoms with van der Waals surface area (Å²) < 4.78 is 15.0. The standard InChI is InChI=1S/C21H17FN2O2/c1-2-18(25)24-8-7-13(11-24)19-17(22)10-16(21(23)26)15-9-12-5-3-4-6-14(12)20(15)19/h2-7,10H,1,8-9,11H2,(H2,23,26). The molecule has 0 atom stereocenters. The van der Waals surface area contributed by atoms with Crippen molar-refractivity contribution in [1.29, 1.82) is 0 Å². The van der Waals surface area contributed by atoms with Gasteiger partial charge in [-0.15, -0.1) is 0 Å². The van der Waals surface area contributed by atoms with E-state index in [-0.39, 0.29) is 11.5 Å². The number of hydrogen-bond acceptors (Lipinski definition) is 2. The molecule has 2 aliphatic rings. The van der Waals surface area contributed by atoms with Gasteiger partial charge in [-0.2, -0.15) is 0 Å². The second-order valence-electron chi connectivity index (χ2n) is 6.48. The highest BCUT2D eigenvalue weighted by molar-refractivity contribution is 6.01. The molecule has 4 nitrogen and oxygen atoms in total. The summed E-state index contributed by atoms with van der Waals surface area (Å²) in [5.41, 5.74) is 10.3. The summed E-state index contributed by atoms with van der Waals surface area (Å²) >= 11 is 0. The molecule has 130 valence electrons. The number of primary amides is 1. The first-order valence-corrected chi connectivity index (χ1v) is 8.35. The van der Waals surface area contributed by atoms with Crippen LogP contribution in [0.1, 0.15) is 27.0 Å². The molecule has 1 aliphatic heterocycles. The Balaban J connectivity index is 1.90. The number of nitrogens with two attached hydrogens (primary N) is 1. The van der Waals surface area contributed by atoms with Crippen LogP contribution in [-0.2, 0) is 11.2 Å². The Morgan fingerprint density at radius 1 is 1.23 bits per heavy atom. The Hall–Kier alpha value is -3.21. The Labute approximate surface area is 150 Å². The van der Waals surface area contributed by atoms with Crippen LogP contribution in [0.3, 0.4) is 0 Å². The monoisotopic (exact) mass is 348 g/mol. The molecule has 2 aromatic carbocycles. The smallest absolute Gasteiger partial charge is 0.249 e. The number of carbonyl (C=O) groups excluding carboxylic acids is 2. The molecule has 2 aromatic rings. The fourth-order valence-electron chi connectivity index (χ4n) is 3.85. The van der Waals surface area contributed by atoms with E-state index < -0.39 is 11.7 Å². The fourth-order valence-corrected chi connectivity index (χ4v) is 3.85. The van der Waals surface area contributed by atoms with Gasteiger partial charge < -0.3 is 10.6 Å². The Morgan fingerprint density at radius 3 is 2.73 bits per heavy atom. The van der Waals surface area contributed by atoms with Crippen molar-refractivity contribution in [1.82, 2.24) is 4.90 Å². The summed E-state index contributed by atoms with van der Waals surface area (Å²) in [6.07, 6.45) is 3.65. The largest absolute Gasteiger partial charge is 0.366 e. The molecule has 1 aliphatic carbocycles. The number of amides is 2. The second kappa shape index (κ2) is 5.95. The zero-order valence-corrected chi connectivity index (χ0v) is 14.1. The third-order valence-electron chi connectivity index (χ3n) is 5.03. The summed E-state index contributed by atoms with van der Waals surface area (Å²) in [5, 5.41) is 0. The van der Waals surface area contributed by atoms with Gasteiger partial charge in [0.1, 0.15) is 5.82 Å². The molecule has 0 unspecified atom stereocenters. The SMILES string of the molecule is C=CC(=O)N1CC=C(c2c(F)cc(C(N)=O)c3c2-c2ccccc2C3)C1. The van der Waals surface area contributed by atoms with Crippen LogP contribution in [0.2, 0.25) is 0 Å². The number of nitrogens with zero attached hydrogens (tertiary/aromatic N) is 1. The van der Waals surface area contributed by atoms with Crippen LogP contribution in [0.4, 0.5) is 4.39 Å². The second-order valence-corrected chi connectivity index (χ2v) is 6.48. The van der Waals surface area contributed by atoms with Crippen molar-refractivity contribution in [2.45, 2.75) is 6.42 Å². The topological polar surface area (TPSA) is 63.4 Å². The molecule has 5 heteroatoms. The highest BCUT2D eigenvalue weighted by atomic mass is 19.1. The van der Waals surface area contributed by atoms with Gasteiger partial charge in [0.05, 0.1) is 0 Å². The van der Waals surface area contributed by atoms with Gasteiger partial charge in [-0.1, -0.05) is 36.9 Å². The lowest BCUT2D eigenvalue weighted by Crippen LogP contribution is -2.26. The molecule has 2 amide bonds. The lowest BCUT2D eigenvalue weighted by atomic mass is 9.90. The molecule has 0 saturated heterocycles. The molecule has 0 spiro atoms. The van der Waals surface area contributed by atoms with E-state index in [0.29, 0.717) is 30.6 Å². The van der Waals surface area contributed by atoms with Gasteiger partial charge in [0, 0.05) is 24.2 Å². The number of hydrogen-bond donors (Lipinski definition) is 1. The average Bonchev–Trinajstić information content (AvgIpc) is 3.25. The maximum absolute atomic E-state index is 15.0. The van der Waals surface area contributed by atoms with Crippen molar-refractivity contribution in [3.05, 3.63) is 77.1 Å². The molecule has 0 fully saturated rings. The van der Waals surface area contributed by atoms with E-state index in [1.54, 1.807) is 4.90 Å². The van der Waals surface area contributed by atoms with Gasteiger partial charge >= 0.3 is 0 Å². The van der Waals surface area contributed by atoms with Gasteiger partial charge in [-0.25, -0.2) is 4.39 Å². The molecule has 0 aromatic heterocycles. The van der Waals surface area contributed by atoms with Gasteiger partial charge in [0.15, 0.2) is 0 Å². The maximum Gasteiger partial charge on any atom is 0.249 e. The van der Waals surface area contributed by atoms with Crippen molar-refractivity contribution in [2.24, 2.45) is 5.73 Å². The summed E-state index contributed by atoms with van der Waals surface area (Å²) in [5.74, 6) is -1.32. The third-order valence-corrected chi connectivity index (χ3v) is 5.03. The number of halogens is 1. The summed E-state index contributed by atoms with van der Waals surface area (Å²) in [6.45, 7) is 4.22. The van der Waals surface area contributed by atoms with Gasteiger partial charge in [-0.3, -0.25) is 9.59 Å². The van der Waals surface area contributed by atoms with Crippen LogP contribution >= 0.6 is 0 Å². The van der Waals surface area contributed by atoms with E-state index >= 15 is 4.39 Å². The molecule has 2 N–H and O–H groups in total. The molecule has 0 saturated carbocycles. The van der Waals surface area contributed by atoms with Crippen LogP contribution in [0.5, 0.6) is 0 Å². The minimum Gasteiger partial charge on any atom is -0.366 e. The van der Waals surface area contributed by atoms with Gasteiger partial charge in [0.2, 0.25) is 11.8 Å². The zero-order chi connectivity index (χ0) is 18.4.